The van der Waals surface area contributed by atoms with Gasteiger partial charge in [0.1, 0.15) is 5.82 Å². The van der Waals surface area contributed by atoms with Crippen molar-refractivity contribution in [3.63, 3.8) is 0 Å². The first-order valence-electron chi connectivity index (χ1n) is 4.20. The van der Waals surface area contributed by atoms with Crippen LogP contribution in [0.2, 0.25) is 5.02 Å². The first-order valence-corrected chi connectivity index (χ1v) is 5.37. The van der Waals surface area contributed by atoms with E-state index >= 15 is 0 Å². The molecule has 0 aliphatic rings. The summed E-state index contributed by atoms with van der Waals surface area (Å²) in [6.45, 7) is 0. The molecule has 0 heterocycles. The molecule has 0 saturated carbocycles. The van der Waals surface area contributed by atoms with Crippen LogP contribution in [0.5, 0.6) is 0 Å². The number of carbonyl (C=O) groups is 1. The average Bonchev–Trinajstić information content (AvgIpc) is 2.21. The van der Waals surface area contributed by atoms with E-state index in [1.807, 2.05) is 0 Å². The molecule has 0 amide bonds. The molecule has 0 unspecified atom stereocenters. The Balaban J connectivity index is 2.82. The first-order chi connectivity index (χ1) is 7.54. The number of esters is 1. The van der Waals surface area contributed by atoms with E-state index in [2.05, 4.69) is 26.0 Å². The van der Waals surface area contributed by atoms with Crippen molar-refractivity contribution in [3.05, 3.63) is 39.7 Å². The minimum absolute atomic E-state index is 0.210. The molecule has 0 aliphatic heterocycles. The summed E-state index contributed by atoms with van der Waals surface area (Å²) in [4.78, 5) is 10.8. The van der Waals surface area contributed by atoms with Crippen LogP contribution in [0, 0.1) is 5.82 Å². The fourth-order valence-electron chi connectivity index (χ4n) is 0.941. The number of benzene rings is 1. The normalized spacial score (nSPS) is 10.5. The van der Waals surface area contributed by atoms with E-state index in [1.165, 1.54) is 31.5 Å². The summed E-state index contributed by atoms with van der Waals surface area (Å²) < 4.78 is 17.7. The molecule has 0 radical (unpaired) electrons. The maximum Gasteiger partial charge on any atom is 0.331 e. The molecule has 1 N–H and O–H groups in total. The minimum atomic E-state index is -0.498. The molecular weight excluding hydrogens is 300 g/mol. The van der Waals surface area contributed by atoms with Gasteiger partial charge in [0.2, 0.25) is 0 Å². The molecule has 1 aromatic rings. The zero-order valence-electron chi connectivity index (χ0n) is 8.26. The van der Waals surface area contributed by atoms with Crippen LogP contribution >= 0.6 is 27.5 Å². The number of rotatable bonds is 3. The summed E-state index contributed by atoms with van der Waals surface area (Å²) in [7, 11) is 1.27. The Morgan fingerprint density at radius 3 is 2.88 bits per heavy atom. The number of hydrogen-bond acceptors (Lipinski definition) is 3. The molecule has 6 heteroatoms. The Hall–Kier alpha value is -1.07. The molecule has 0 atom stereocenters. The average molecular weight is 309 g/mol. The zero-order chi connectivity index (χ0) is 12.1. The number of methoxy groups -OCH3 is 1. The highest BCUT2D eigenvalue weighted by atomic mass is 79.9. The van der Waals surface area contributed by atoms with Crippen LogP contribution in [0.15, 0.2) is 28.9 Å². The van der Waals surface area contributed by atoms with Gasteiger partial charge in [0.15, 0.2) is 0 Å². The maximum atomic E-state index is 12.9. The molecule has 1 rings (SSSR count). The highest BCUT2D eigenvalue weighted by molar-refractivity contribution is 9.10. The number of nitrogens with one attached hydrogen (secondary N) is 1. The van der Waals surface area contributed by atoms with Crippen LogP contribution in [-0.4, -0.2) is 13.1 Å². The van der Waals surface area contributed by atoms with Gasteiger partial charge < -0.3 is 10.1 Å². The van der Waals surface area contributed by atoms with Crippen molar-refractivity contribution in [2.75, 3.05) is 12.4 Å². The lowest BCUT2D eigenvalue weighted by atomic mass is 10.3. The molecule has 3 nitrogen and oxygen atoms in total. The third-order valence-corrected chi connectivity index (χ3v) is 2.58. The Labute approximate surface area is 105 Å². The van der Waals surface area contributed by atoms with Gasteiger partial charge in [-0.25, -0.2) is 9.18 Å². The van der Waals surface area contributed by atoms with Crippen molar-refractivity contribution in [2.45, 2.75) is 0 Å². The number of anilines is 1. The third-order valence-electron chi connectivity index (χ3n) is 1.66. The summed E-state index contributed by atoms with van der Waals surface area (Å²) >= 11 is 8.95. The van der Waals surface area contributed by atoms with Crippen LogP contribution in [0.3, 0.4) is 0 Å². The molecular formula is C10H8BrClFNO2. The minimum Gasteiger partial charge on any atom is -0.466 e. The van der Waals surface area contributed by atoms with E-state index in [0.717, 1.165) is 0 Å². The number of hydrogen-bond donors (Lipinski definition) is 1. The SMILES string of the molecule is COC(=O)/C=C/Nc1c(Cl)cc(F)cc1Br. The lowest BCUT2D eigenvalue weighted by Crippen LogP contribution is -1.97. The van der Waals surface area contributed by atoms with Gasteiger partial charge in [0.05, 0.1) is 17.8 Å². The summed E-state index contributed by atoms with van der Waals surface area (Å²) in [5.74, 6) is -0.943. The largest absolute Gasteiger partial charge is 0.466 e. The molecule has 0 aromatic heterocycles. The number of carbonyl (C=O) groups excluding carboxylic acids is 1. The Morgan fingerprint density at radius 2 is 2.31 bits per heavy atom. The summed E-state index contributed by atoms with van der Waals surface area (Å²) in [5, 5.41) is 2.96. The second-order valence-corrected chi connectivity index (χ2v) is 4.01. The van der Waals surface area contributed by atoms with E-state index in [-0.39, 0.29) is 5.02 Å². The highest BCUT2D eigenvalue weighted by Gasteiger charge is 2.06. The Bertz CT molecular complexity index is 414. The molecule has 86 valence electrons. The lowest BCUT2D eigenvalue weighted by Gasteiger charge is -2.06. The third kappa shape index (κ3) is 3.50. The van der Waals surface area contributed by atoms with Gasteiger partial charge in [0, 0.05) is 16.7 Å². The predicted octanol–water partition coefficient (Wildman–Crippen LogP) is 3.34. The van der Waals surface area contributed by atoms with Crippen molar-refractivity contribution in [3.8, 4) is 0 Å². The topological polar surface area (TPSA) is 38.3 Å². The van der Waals surface area contributed by atoms with Crippen LogP contribution < -0.4 is 5.32 Å². The molecule has 0 spiro atoms. The van der Waals surface area contributed by atoms with E-state index in [0.29, 0.717) is 10.2 Å². The van der Waals surface area contributed by atoms with Crippen LogP contribution in [-0.2, 0) is 9.53 Å². The molecule has 1 aromatic carbocycles. The Morgan fingerprint density at radius 1 is 1.62 bits per heavy atom. The highest BCUT2D eigenvalue weighted by Crippen LogP contribution is 2.31. The maximum absolute atomic E-state index is 12.9. The quantitative estimate of drug-likeness (QED) is 0.687. The van der Waals surface area contributed by atoms with Gasteiger partial charge in [-0.15, -0.1) is 0 Å². The van der Waals surface area contributed by atoms with Gasteiger partial charge in [-0.3, -0.25) is 0 Å². The summed E-state index contributed by atoms with van der Waals surface area (Å²) in [6, 6.07) is 2.43. The number of ether oxygens (including phenoxy) is 1. The van der Waals surface area contributed by atoms with Gasteiger partial charge >= 0.3 is 5.97 Å². The van der Waals surface area contributed by atoms with E-state index < -0.39 is 11.8 Å². The smallest absolute Gasteiger partial charge is 0.331 e. The van der Waals surface area contributed by atoms with Gasteiger partial charge in [-0.1, -0.05) is 11.6 Å². The summed E-state index contributed by atoms with van der Waals surface area (Å²) in [5.41, 5.74) is 0.475. The van der Waals surface area contributed by atoms with E-state index in [4.69, 9.17) is 11.6 Å². The fourth-order valence-corrected chi connectivity index (χ4v) is 1.86. The first kappa shape index (κ1) is 13.0. The zero-order valence-corrected chi connectivity index (χ0v) is 10.6. The van der Waals surface area contributed by atoms with Crippen molar-refractivity contribution in [2.24, 2.45) is 0 Å². The lowest BCUT2D eigenvalue weighted by molar-refractivity contribution is -0.134. The second-order valence-electron chi connectivity index (χ2n) is 2.75. The number of halogens is 3. The monoisotopic (exact) mass is 307 g/mol. The van der Waals surface area contributed by atoms with Gasteiger partial charge in [-0.2, -0.15) is 0 Å². The predicted molar refractivity (Wildman–Crippen MR) is 63.9 cm³/mol. The van der Waals surface area contributed by atoms with Gasteiger partial charge in [-0.05, 0) is 28.1 Å². The van der Waals surface area contributed by atoms with Crippen LogP contribution in [0.1, 0.15) is 0 Å². The fraction of sp³-hybridized carbons (Fsp3) is 0.100. The second kappa shape index (κ2) is 5.86. The molecule has 0 bridgehead atoms. The Kier molecular flexibility index (Phi) is 4.76. The molecule has 0 saturated heterocycles. The van der Waals surface area contributed by atoms with Crippen molar-refractivity contribution in [1.29, 1.82) is 0 Å². The molecule has 16 heavy (non-hydrogen) atoms. The van der Waals surface area contributed by atoms with Crippen molar-refractivity contribution < 1.29 is 13.9 Å². The van der Waals surface area contributed by atoms with Gasteiger partial charge in [0.25, 0.3) is 0 Å². The standard InChI is InChI=1S/C10H8BrClFNO2/c1-16-9(15)2-3-14-10-7(11)4-6(13)5-8(10)12/h2-5,14H,1H3/b3-2+. The van der Waals surface area contributed by atoms with Crippen molar-refractivity contribution in [1.82, 2.24) is 0 Å². The van der Waals surface area contributed by atoms with Crippen LogP contribution in [0.4, 0.5) is 10.1 Å². The molecule has 0 aliphatic carbocycles. The van der Waals surface area contributed by atoms with Crippen molar-refractivity contribution >= 4 is 39.2 Å². The van der Waals surface area contributed by atoms with E-state index in [1.54, 1.807) is 0 Å². The summed E-state index contributed by atoms with van der Waals surface area (Å²) in [6.07, 6.45) is 2.54. The van der Waals surface area contributed by atoms with E-state index in [9.17, 15) is 9.18 Å². The van der Waals surface area contributed by atoms with Crippen LogP contribution in [0.25, 0.3) is 0 Å². The molecule has 0 fully saturated rings.